The van der Waals surface area contributed by atoms with E-state index in [-0.39, 0.29) is 5.91 Å². The summed E-state index contributed by atoms with van der Waals surface area (Å²) in [5.74, 6) is -0.0671. The second-order valence-electron chi connectivity index (χ2n) is 3.70. The summed E-state index contributed by atoms with van der Waals surface area (Å²) in [4.78, 5) is 12.6. The van der Waals surface area contributed by atoms with E-state index >= 15 is 0 Å². The Labute approximate surface area is 118 Å². The molecule has 0 aliphatic heterocycles. The second-order valence-corrected chi connectivity index (χ2v) is 5.56. The first-order chi connectivity index (χ1) is 8.70. The van der Waals surface area contributed by atoms with Crippen molar-refractivity contribution in [1.82, 2.24) is 5.32 Å². The highest BCUT2D eigenvalue weighted by molar-refractivity contribution is 9.10. The first-order valence-electron chi connectivity index (χ1n) is 5.48. The Kier molecular flexibility index (Phi) is 4.38. The number of amides is 1. The van der Waals surface area contributed by atoms with Crippen molar-refractivity contribution in [2.24, 2.45) is 0 Å². The number of thiophene rings is 1. The van der Waals surface area contributed by atoms with Crippen molar-refractivity contribution in [1.29, 1.82) is 0 Å². The van der Waals surface area contributed by atoms with E-state index in [2.05, 4.69) is 31.9 Å². The third kappa shape index (κ3) is 3.11. The number of halogens is 1. The van der Waals surface area contributed by atoms with Gasteiger partial charge in [0.2, 0.25) is 0 Å². The van der Waals surface area contributed by atoms with Crippen LogP contribution >= 0.6 is 27.3 Å². The molecule has 0 aliphatic carbocycles. The van der Waals surface area contributed by atoms with Gasteiger partial charge in [-0.15, -0.1) is 11.3 Å². The standard InChI is InChI=1S/C13H13BrN2OS/c1-15-13(17)9-2-4-10(5-3-9)16-8-12-11(14)6-7-18-12/h2-7,16H,8H2,1H3,(H,15,17). The van der Waals surface area contributed by atoms with E-state index in [9.17, 15) is 4.79 Å². The third-order valence-corrected chi connectivity index (χ3v) is 4.44. The summed E-state index contributed by atoms with van der Waals surface area (Å²) in [5.41, 5.74) is 1.67. The van der Waals surface area contributed by atoms with E-state index in [0.29, 0.717) is 5.56 Å². The lowest BCUT2D eigenvalue weighted by Crippen LogP contribution is -2.17. The zero-order valence-corrected chi connectivity index (χ0v) is 12.3. The summed E-state index contributed by atoms with van der Waals surface area (Å²) in [6, 6.07) is 9.48. The molecule has 0 fully saturated rings. The van der Waals surface area contributed by atoms with Crippen molar-refractivity contribution in [3.05, 3.63) is 50.6 Å². The fourth-order valence-corrected chi connectivity index (χ4v) is 2.95. The van der Waals surface area contributed by atoms with Gasteiger partial charge in [0, 0.05) is 27.6 Å². The fraction of sp³-hybridized carbons (Fsp3) is 0.154. The minimum absolute atomic E-state index is 0.0671. The van der Waals surface area contributed by atoms with Crippen molar-refractivity contribution in [3.63, 3.8) is 0 Å². The van der Waals surface area contributed by atoms with Gasteiger partial charge in [-0.05, 0) is 51.6 Å². The van der Waals surface area contributed by atoms with Crippen LogP contribution in [0.3, 0.4) is 0 Å². The van der Waals surface area contributed by atoms with Gasteiger partial charge in [-0.1, -0.05) is 0 Å². The normalized spacial score (nSPS) is 10.1. The fourth-order valence-electron chi connectivity index (χ4n) is 1.52. The van der Waals surface area contributed by atoms with Crippen LogP contribution < -0.4 is 10.6 Å². The van der Waals surface area contributed by atoms with E-state index in [1.54, 1.807) is 18.4 Å². The number of benzene rings is 1. The molecule has 5 heteroatoms. The van der Waals surface area contributed by atoms with Crippen molar-refractivity contribution in [2.75, 3.05) is 12.4 Å². The van der Waals surface area contributed by atoms with E-state index < -0.39 is 0 Å². The molecule has 0 spiro atoms. The number of carbonyl (C=O) groups excluding carboxylic acids is 1. The molecule has 0 saturated carbocycles. The predicted molar refractivity (Wildman–Crippen MR) is 79.2 cm³/mol. The van der Waals surface area contributed by atoms with Gasteiger partial charge in [0.15, 0.2) is 0 Å². The molecule has 2 aromatic rings. The van der Waals surface area contributed by atoms with Crippen LogP contribution in [0.25, 0.3) is 0 Å². The smallest absolute Gasteiger partial charge is 0.251 e. The molecule has 2 N–H and O–H groups in total. The summed E-state index contributed by atoms with van der Waals surface area (Å²) in [5, 5.41) is 7.97. The number of rotatable bonds is 4. The van der Waals surface area contributed by atoms with E-state index in [4.69, 9.17) is 0 Å². The Hall–Kier alpha value is -1.33. The zero-order valence-electron chi connectivity index (χ0n) is 9.87. The van der Waals surface area contributed by atoms with Crippen LogP contribution in [0.15, 0.2) is 40.2 Å². The van der Waals surface area contributed by atoms with Crippen LogP contribution in [0.4, 0.5) is 5.69 Å². The van der Waals surface area contributed by atoms with E-state index in [0.717, 1.165) is 16.7 Å². The lowest BCUT2D eigenvalue weighted by molar-refractivity contribution is 0.0963. The summed E-state index contributed by atoms with van der Waals surface area (Å²) < 4.78 is 1.13. The molecule has 0 saturated heterocycles. The van der Waals surface area contributed by atoms with Crippen LogP contribution in [0.2, 0.25) is 0 Å². The topological polar surface area (TPSA) is 41.1 Å². The van der Waals surface area contributed by atoms with Crippen molar-refractivity contribution in [3.8, 4) is 0 Å². The van der Waals surface area contributed by atoms with Crippen molar-refractivity contribution in [2.45, 2.75) is 6.54 Å². The highest BCUT2D eigenvalue weighted by Crippen LogP contribution is 2.23. The van der Waals surface area contributed by atoms with Gasteiger partial charge < -0.3 is 10.6 Å². The molecule has 18 heavy (non-hydrogen) atoms. The molecule has 0 bridgehead atoms. The average Bonchev–Trinajstić information content (AvgIpc) is 2.81. The third-order valence-electron chi connectivity index (χ3n) is 2.52. The quantitative estimate of drug-likeness (QED) is 0.904. The Balaban J connectivity index is 1.98. The molecule has 0 aliphatic rings. The Bertz CT molecular complexity index is 536. The lowest BCUT2D eigenvalue weighted by Gasteiger charge is -2.06. The summed E-state index contributed by atoms with van der Waals surface area (Å²) in [6.45, 7) is 0.775. The molecular weight excluding hydrogens is 312 g/mol. The lowest BCUT2D eigenvalue weighted by atomic mass is 10.2. The monoisotopic (exact) mass is 324 g/mol. The maximum absolute atomic E-state index is 11.4. The van der Waals surface area contributed by atoms with Crippen LogP contribution in [0.1, 0.15) is 15.2 Å². The highest BCUT2D eigenvalue weighted by Gasteiger charge is 2.03. The molecule has 1 heterocycles. The zero-order chi connectivity index (χ0) is 13.0. The number of carbonyl (C=O) groups is 1. The Morgan fingerprint density at radius 2 is 2.00 bits per heavy atom. The average molecular weight is 325 g/mol. The molecule has 0 radical (unpaired) electrons. The van der Waals surface area contributed by atoms with Crippen molar-refractivity contribution >= 4 is 38.9 Å². The van der Waals surface area contributed by atoms with Gasteiger partial charge in [-0.25, -0.2) is 0 Å². The molecule has 0 atom stereocenters. The molecular formula is C13H13BrN2OS. The molecule has 94 valence electrons. The SMILES string of the molecule is CNC(=O)c1ccc(NCc2sccc2Br)cc1. The number of anilines is 1. The minimum atomic E-state index is -0.0671. The first kappa shape index (κ1) is 13.1. The first-order valence-corrected chi connectivity index (χ1v) is 7.16. The van der Waals surface area contributed by atoms with Gasteiger partial charge in [0.05, 0.1) is 6.54 Å². The van der Waals surface area contributed by atoms with Gasteiger partial charge in [0.25, 0.3) is 5.91 Å². The molecule has 1 amide bonds. The summed E-state index contributed by atoms with van der Waals surface area (Å²) in [6.07, 6.45) is 0. The molecule has 3 nitrogen and oxygen atoms in total. The highest BCUT2D eigenvalue weighted by atomic mass is 79.9. The number of hydrogen-bond donors (Lipinski definition) is 2. The minimum Gasteiger partial charge on any atom is -0.380 e. The van der Waals surface area contributed by atoms with Crippen LogP contribution in [0, 0.1) is 0 Å². The van der Waals surface area contributed by atoms with Gasteiger partial charge in [0.1, 0.15) is 0 Å². The maximum atomic E-state index is 11.4. The molecule has 0 unspecified atom stereocenters. The maximum Gasteiger partial charge on any atom is 0.251 e. The van der Waals surface area contributed by atoms with Crippen LogP contribution in [0.5, 0.6) is 0 Å². The van der Waals surface area contributed by atoms with Gasteiger partial charge in [-0.2, -0.15) is 0 Å². The Morgan fingerprint density at radius 3 is 2.56 bits per heavy atom. The van der Waals surface area contributed by atoms with Gasteiger partial charge in [-0.3, -0.25) is 4.79 Å². The van der Waals surface area contributed by atoms with E-state index in [1.165, 1.54) is 4.88 Å². The summed E-state index contributed by atoms with van der Waals surface area (Å²) >= 11 is 5.20. The Morgan fingerprint density at radius 1 is 1.28 bits per heavy atom. The molecule has 1 aromatic heterocycles. The predicted octanol–water partition coefficient (Wildman–Crippen LogP) is 3.48. The second kappa shape index (κ2) is 6.02. The van der Waals surface area contributed by atoms with E-state index in [1.807, 2.05) is 30.3 Å². The number of hydrogen-bond acceptors (Lipinski definition) is 3. The molecule has 1 aromatic carbocycles. The van der Waals surface area contributed by atoms with Crippen LogP contribution in [-0.2, 0) is 6.54 Å². The summed E-state index contributed by atoms with van der Waals surface area (Å²) in [7, 11) is 1.63. The van der Waals surface area contributed by atoms with Crippen LogP contribution in [-0.4, -0.2) is 13.0 Å². The number of nitrogens with one attached hydrogen (secondary N) is 2. The van der Waals surface area contributed by atoms with Crippen molar-refractivity contribution < 1.29 is 4.79 Å². The largest absolute Gasteiger partial charge is 0.380 e. The molecule has 2 rings (SSSR count). The van der Waals surface area contributed by atoms with Gasteiger partial charge >= 0.3 is 0 Å².